The summed E-state index contributed by atoms with van der Waals surface area (Å²) in [6.07, 6.45) is 7.14. The molecule has 7 heterocycles. The number of nitrogens with zero attached hydrogens (tertiary/aromatic N) is 9. The minimum absolute atomic E-state index is 0.192. The fourth-order valence-corrected chi connectivity index (χ4v) is 8.57. The Kier molecular flexibility index (Phi) is 9.07. The summed E-state index contributed by atoms with van der Waals surface area (Å²) < 4.78 is 25.7. The van der Waals surface area contributed by atoms with E-state index in [1.807, 2.05) is 32.3 Å². The van der Waals surface area contributed by atoms with Gasteiger partial charge in [0.2, 0.25) is 0 Å². The molecule has 0 radical (unpaired) electrons. The molecular weight excluding hydrogens is 617 g/mol. The van der Waals surface area contributed by atoms with Crippen LogP contribution in [0.25, 0.3) is 33.3 Å². The molecule has 11 heteroatoms. The van der Waals surface area contributed by atoms with Crippen LogP contribution in [0, 0.1) is 18.7 Å². The first-order valence-electron chi connectivity index (χ1n) is 18.2. The third-order valence-corrected chi connectivity index (χ3v) is 11.4. The number of pyridine rings is 2. The van der Waals surface area contributed by atoms with Gasteiger partial charge in [-0.2, -0.15) is 0 Å². The minimum Gasteiger partial charge on any atom is -0.381 e. The number of halogens is 1. The summed E-state index contributed by atoms with van der Waals surface area (Å²) in [6, 6.07) is 14.2. The number of fused-ring (bicyclic) bond motifs is 3. The van der Waals surface area contributed by atoms with Gasteiger partial charge in [0.05, 0.1) is 28.5 Å². The lowest BCUT2D eigenvalue weighted by Crippen LogP contribution is -2.53. The van der Waals surface area contributed by atoms with Crippen LogP contribution in [0.3, 0.4) is 0 Å². The van der Waals surface area contributed by atoms with E-state index in [9.17, 15) is 0 Å². The number of hydrogen-bond acceptors (Lipinski definition) is 8. The molecule has 8 rings (SSSR count). The molecular formula is C38H48FN9O. The highest BCUT2D eigenvalue weighted by Gasteiger charge is 2.31. The Labute approximate surface area is 287 Å². The van der Waals surface area contributed by atoms with Crippen LogP contribution < -0.4 is 4.90 Å². The topological polar surface area (TPSA) is 80.4 Å². The largest absolute Gasteiger partial charge is 0.381 e. The summed E-state index contributed by atoms with van der Waals surface area (Å²) in [5.74, 6) is 1.19. The third kappa shape index (κ3) is 6.21. The zero-order chi connectivity index (χ0) is 33.5. The van der Waals surface area contributed by atoms with Crippen molar-refractivity contribution < 1.29 is 9.13 Å². The number of piperidine rings is 1. The first-order valence-corrected chi connectivity index (χ1v) is 18.2. The molecule has 5 aromatic rings. The van der Waals surface area contributed by atoms with Gasteiger partial charge < -0.3 is 19.1 Å². The van der Waals surface area contributed by atoms with E-state index >= 15 is 4.39 Å². The Balaban J connectivity index is 1.22. The average Bonchev–Trinajstić information content (AvgIpc) is 3.65. The number of aryl methyl sites for hydroxylation is 2. The highest BCUT2D eigenvalue weighted by molar-refractivity contribution is 6.05. The van der Waals surface area contributed by atoms with Crippen molar-refractivity contribution in [1.82, 2.24) is 39.3 Å². The van der Waals surface area contributed by atoms with E-state index in [0.717, 1.165) is 110 Å². The van der Waals surface area contributed by atoms with Crippen LogP contribution in [-0.2, 0) is 11.8 Å². The smallest absolute Gasteiger partial charge is 0.145 e. The second kappa shape index (κ2) is 13.8. The molecule has 0 spiro atoms. The predicted octanol–water partition coefficient (Wildman–Crippen LogP) is 5.84. The Morgan fingerprint density at radius 1 is 0.959 bits per heavy atom. The Morgan fingerprint density at radius 3 is 2.45 bits per heavy atom. The highest BCUT2D eigenvalue weighted by Crippen LogP contribution is 2.40. The van der Waals surface area contributed by atoms with Gasteiger partial charge in [0.1, 0.15) is 17.3 Å². The molecule has 0 N–H and O–H groups in total. The van der Waals surface area contributed by atoms with Crippen molar-refractivity contribution in [3.8, 4) is 11.3 Å². The molecule has 3 aliphatic rings. The number of piperazine rings is 1. The van der Waals surface area contributed by atoms with Crippen molar-refractivity contribution in [2.24, 2.45) is 13.0 Å². The molecule has 4 aromatic heterocycles. The normalized spacial score (nSPS) is 19.7. The average molecular weight is 666 g/mol. The van der Waals surface area contributed by atoms with Gasteiger partial charge in [-0.05, 0) is 88.8 Å². The third-order valence-electron chi connectivity index (χ3n) is 11.4. The summed E-state index contributed by atoms with van der Waals surface area (Å²) in [5.41, 5.74) is 6.06. The zero-order valence-corrected chi connectivity index (χ0v) is 29.1. The van der Waals surface area contributed by atoms with Crippen molar-refractivity contribution in [3.05, 3.63) is 65.7 Å². The molecule has 3 fully saturated rings. The number of ether oxygens (including phenoxy) is 1. The van der Waals surface area contributed by atoms with Gasteiger partial charge in [-0.25, -0.2) is 14.1 Å². The SMILES string of the molecule is CCN1CCC(N2CCN(c3ccc4c5ncc(-c6c(C)nnn6C)cc5n(C(CC5CCOCC5)c5ccccc5F)c4n3)CC2)CC1. The van der Waals surface area contributed by atoms with Crippen LogP contribution in [0.1, 0.15) is 56.3 Å². The number of likely N-dealkylation sites (tertiary alicyclic amines) is 1. The Morgan fingerprint density at radius 2 is 1.73 bits per heavy atom. The van der Waals surface area contributed by atoms with Crippen molar-refractivity contribution in [2.75, 3.05) is 63.9 Å². The fraction of sp³-hybridized carbons (Fsp3) is 0.526. The van der Waals surface area contributed by atoms with E-state index in [1.165, 1.54) is 25.9 Å². The van der Waals surface area contributed by atoms with Crippen molar-refractivity contribution in [1.29, 1.82) is 0 Å². The Hall–Kier alpha value is -3.93. The standard InChI is InChI=1S/C38H48FN9O/c1-4-45-15-11-29(12-16-45)46-17-19-47(20-18-46)35-10-9-31-36-34(24-28(25-40-36)37-26(2)42-43-44(37)3)48(38(31)41-35)33(23-27-13-21-49-22-14-27)30-7-5-6-8-32(30)39/h5-10,24-25,27,29,33H,4,11-23H2,1-3H3. The van der Waals surface area contributed by atoms with Gasteiger partial charge in [-0.1, -0.05) is 30.3 Å². The molecule has 0 saturated carbocycles. The number of rotatable bonds is 8. The summed E-state index contributed by atoms with van der Waals surface area (Å²) in [4.78, 5) is 18.2. The lowest BCUT2D eigenvalue weighted by atomic mass is 9.89. The molecule has 10 nitrogen and oxygen atoms in total. The quantitative estimate of drug-likeness (QED) is 0.205. The Bertz CT molecular complexity index is 1900. The second-order valence-corrected chi connectivity index (χ2v) is 14.2. The summed E-state index contributed by atoms with van der Waals surface area (Å²) >= 11 is 0. The van der Waals surface area contributed by atoms with E-state index < -0.39 is 0 Å². The molecule has 0 aliphatic carbocycles. The molecule has 3 saturated heterocycles. The molecule has 1 unspecified atom stereocenters. The zero-order valence-electron chi connectivity index (χ0n) is 29.1. The van der Waals surface area contributed by atoms with Crippen LogP contribution in [0.5, 0.6) is 0 Å². The molecule has 1 aromatic carbocycles. The maximum Gasteiger partial charge on any atom is 0.145 e. The van der Waals surface area contributed by atoms with Crippen molar-refractivity contribution in [2.45, 2.75) is 58.0 Å². The van der Waals surface area contributed by atoms with Gasteiger partial charge in [0.25, 0.3) is 0 Å². The van der Waals surface area contributed by atoms with Crippen LogP contribution in [-0.4, -0.2) is 104 Å². The number of hydrogen-bond donors (Lipinski definition) is 0. The predicted molar refractivity (Wildman–Crippen MR) is 191 cm³/mol. The molecule has 258 valence electrons. The first-order chi connectivity index (χ1) is 24.0. The van der Waals surface area contributed by atoms with Crippen LogP contribution in [0.4, 0.5) is 10.2 Å². The molecule has 0 bridgehead atoms. The van der Waals surface area contributed by atoms with E-state index in [4.69, 9.17) is 14.7 Å². The van der Waals surface area contributed by atoms with E-state index in [2.05, 4.69) is 54.7 Å². The lowest BCUT2D eigenvalue weighted by Gasteiger charge is -2.43. The van der Waals surface area contributed by atoms with Crippen LogP contribution in [0.15, 0.2) is 48.7 Å². The van der Waals surface area contributed by atoms with Crippen LogP contribution in [0.2, 0.25) is 0 Å². The first kappa shape index (κ1) is 32.3. The van der Waals surface area contributed by atoms with E-state index in [1.54, 1.807) is 16.8 Å². The van der Waals surface area contributed by atoms with E-state index in [0.29, 0.717) is 17.5 Å². The summed E-state index contributed by atoms with van der Waals surface area (Å²) in [6.45, 7) is 13.3. The number of anilines is 1. The minimum atomic E-state index is -0.263. The highest BCUT2D eigenvalue weighted by atomic mass is 19.1. The summed E-state index contributed by atoms with van der Waals surface area (Å²) in [7, 11) is 1.91. The lowest BCUT2D eigenvalue weighted by molar-refractivity contribution is 0.0608. The molecule has 0 amide bonds. The second-order valence-electron chi connectivity index (χ2n) is 14.2. The maximum absolute atomic E-state index is 15.9. The monoisotopic (exact) mass is 665 g/mol. The van der Waals surface area contributed by atoms with Gasteiger partial charge in [0.15, 0.2) is 0 Å². The van der Waals surface area contributed by atoms with Crippen molar-refractivity contribution in [3.63, 3.8) is 0 Å². The van der Waals surface area contributed by atoms with Crippen molar-refractivity contribution >= 4 is 27.9 Å². The van der Waals surface area contributed by atoms with E-state index in [-0.39, 0.29) is 11.9 Å². The van der Waals surface area contributed by atoms with Gasteiger partial charge in [-0.15, -0.1) is 5.10 Å². The van der Waals surface area contributed by atoms with Crippen LogP contribution >= 0.6 is 0 Å². The van der Waals surface area contributed by atoms with Gasteiger partial charge in [-0.3, -0.25) is 9.88 Å². The summed E-state index contributed by atoms with van der Waals surface area (Å²) in [5, 5.41) is 9.56. The van der Waals surface area contributed by atoms with Gasteiger partial charge >= 0.3 is 0 Å². The molecule has 1 atom stereocenters. The van der Waals surface area contributed by atoms with Gasteiger partial charge in [0, 0.05) is 75.2 Å². The number of aromatic nitrogens is 6. The fourth-order valence-electron chi connectivity index (χ4n) is 8.57. The maximum atomic E-state index is 15.9. The number of benzene rings is 1. The molecule has 49 heavy (non-hydrogen) atoms. The molecule has 3 aliphatic heterocycles.